The summed E-state index contributed by atoms with van der Waals surface area (Å²) in [6, 6.07) is 0. The van der Waals surface area contributed by atoms with E-state index in [1.807, 2.05) is 0 Å². The Morgan fingerprint density at radius 1 is 0.897 bits per heavy atom. The second kappa shape index (κ2) is 11.0. The fourth-order valence-electron chi connectivity index (χ4n) is 2.75. The Morgan fingerprint density at radius 3 is 1.97 bits per heavy atom. The van der Waals surface area contributed by atoms with Crippen LogP contribution in [0.25, 0.3) is 0 Å². The van der Waals surface area contributed by atoms with Gasteiger partial charge in [0.15, 0.2) is 12.2 Å². The standard InChI is InChI=1S/C17H26O12/c1-7(18)25-5-11(27-9(3)20)13(22)17-15(24)14(23)16(28-10(4)21)12(29-17)6-26-8(2)19/h11-17,22-24H,5-6H2,1-4H3/t11?,12-,13?,14-,15-,16-,17+/m1/s1. The first kappa shape index (κ1) is 24.8. The molecule has 12 heteroatoms. The molecule has 2 unspecified atom stereocenters. The lowest BCUT2D eigenvalue weighted by Gasteiger charge is -2.44. The van der Waals surface area contributed by atoms with E-state index in [4.69, 9.17) is 23.7 Å². The van der Waals surface area contributed by atoms with Gasteiger partial charge >= 0.3 is 23.9 Å². The average Bonchev–Trinajstić information content (AvgIpc) is 2.60. The van der Waals surface area contributed by atoms with Gasteiger partial charge in [0.2, 0.25) is 0 Å². The number of carbonyl (C=O) groups is 4. The van der Waals surface area contributed by atoms with E-state index in [1.165, 1.54) is 0 Å². The van der Waals surface area contributed by atoms with Gasteiger partial charge in [-0.3, -0.25) is 19.2 Å². The molecule has 166 valence electrons. The number of rotatable bonds is 8. The number of carbonyl (C=O) groups excluding carboxylic acids is 4. The van der Waals surface area contributed by atoms with E-state index in [-0.39, 0.29) is 0 Å². The molecule has 1 rings (SSSR count). The lowest BCUT2D eigenvalue weighted by Crippen LogP contribution is -2.64. The van der Waals surface area contributed by atoms with Gasteiger partial charge in [-0.25, -0.2) is 0 Å². The Hall–Kier alpha value is -2.28. The number of ether oxygens (including phenoxy) is 5. The molecule has 29 heavy (non-hydrogen) atoms. The van der Waals surface area contributed by atoms with Crippen molar-refractivity contribution in [2.45, 2.75) is 70.4 Å². The summed E-state index contributed by atoms with van der Waals surface area (Å²) < 4.78 is 25.0. The summed E-state index contributed by atoms with van der Waals surface area (Å²) in [7, 11) is 0. The van der Waals surface area contributed by atoms with Crippen molar-refractivity contribution in [3.8, 4) is 0 Å². The van der Waals surface area contributed by atoms with Crippen molar-refractivity contribution in [2.24, 2.45) is 0 Å². The Bertz CT molecular complexity index is 605. The van der Waals surface area contributed by atoms with Gasteiger partial charge in [0.25, 0.3) is 0 Å². The topological polar surface area (TPSA) is 175 Å². The van der Waals surface area contributed by atoms with E-state index in [1.54, 1.807) is 0 Å². The van der Waals surface area contributed by atoms with Crippen LogP contribution in [0.4, 0.5) is 0 Å². The Kier molecular flexibility index (Phi) is 9.43. The molecule has 0 aromatic carbocycles. The summed E-state index contributed by atoms with van der Waals surface area (Å²) in [4.78, 5) is 44.8. The number of aliphatic hydroxyl groups is 3. The van der Waals surface area contributed by atoms with Crippen molar-refractivity contribution in [2.75, 3.05) is 13.2 Å². The van der Waals surface area contributed by atoms with Gasteiger partial charge < -0.3 is 39.0 Å². The first-order valence-electron chi connectivity index (χ1n) is 8.74. The Labute approximate surface area is 166 Å². The van der Waals surface area contributed by atoms with E-state index in [0.717, 1.165) is 27.7 Å². The quantitative estimate of drug-likeness (QED) is 0.285. The number of esters is 4. The molecule has 7 atom stereocenters. The highest BCUT2D eigenvalue weighted by molar-refractivity contribution is 5.67. The molecule has 0 radical (unpaired) electrons. The fraction of sp³-hybridized carbons (Fsp3) is 0.765. The van der Waals surface area contributed by atoms with Crippen LogP contribution in [0.5, 0.6) is 0 Å². The second-order valence-corrected chi connectivity index (χ2v) is 6.44. The third kappa shape index (κ3) is 7.57. The summed E-state index contributed by atoms with van der Waals surface area (Å²) in [6.07, 6.45) is -10.9. The first-order chi connectivity index (χ1) is 13.4. The van der Waals surface area contributed by atoms with E-state index in [2.05, 4.69) is 0 Å². The predicted molar refractivity (Wildman–Crippen MR) is 91.1 cm³/mol. The smallest absolute Gasteiger partial charge is 0.303 e. The maximum atomic E-state index is 11.3. The molecule has 0 aliphatic carbocycles. The highest BCUT2D eigenvalue weighted by Gasteiger charge is 2.51. The minimum atomic E-state index is -1.78. The third-order valence-corrected chi connectivity index (χ3v) is 3.96. The molecular formula is C17H26O12. The first-order valence-corrected chi connectivity index (χ1v) is 8.74. The SMILES string of the molecule is CC(=O)OCC(OC(C)=O)C(O)[C@@H]1O[C@H](COC(C)=O)[C@@H](OC(C)=O)[C@H](O)[C@H]1O. The van der Waals surface area contributed by atoms with Crippen molar-refractivity contribution >= 4 is 23.9 Å². The molecular weight excluding hydrogens is 396 g/mol. The van der Waals surface area contributed by atoms with Crippen LogP contribution in [-0.4, -0.2) is 95.1 Å². The lowest BCUT2D eigenvalue weighted by atomic mass is 9.90. The van der Waals surface area contributed by atoms with Crippen LogP contribution >= 0.6 is 0 Å². The van der Waals surface area contributed by atoms with Crippen LogP contribution < -0.4 is 0 Å². The zero-order chi connectivity index (χ0) is 22.3. The van der Waals surface area contributed by atoms with Gasteiger partial charge in [0.1, 0.15) is 43.7 Å². The normalized spacial score (nSPS) is 28.6. The largest absolute Gasteiger partial charge is 0.463 e. The predicted octanol–water partition coefficient (Wildman–Crippen LogP) is -2.17. The van der Waals surface area contributed by atoms with E-state index >= 15 is 0 Å². The van der Waals surface area contributed by atoms with Crippen LogP contribution in [0.2, 0.25) is 0 Å². The molecule has 1 aliphatic rings. The summed E-state index contributed by atoms with van der Waals surface area (Å²) in [5.41, 5.74) is 0. The van der Waals surface area contributed by atoms with Gasteiger partial charge in [0.05, 0.1) is 0 Å². The molecule has 1 aliphatic heterocycles. The van der Waals surface area contributed by atoms with Gasteiger partial charge in [-0.15, -0.1) is 0 Å². The van der Waals surface area contributed by atoms with Gasteiger partial charge in [-0.05, 0) is 0 Å². The van der Waals surface area contributed by atoms with Crippen molar-refractivity contribution in [3.05, 3.63) is 0 Å². The maximum Gasteiger partial charge on any atom is 0.303 e. The molecule has 0 aromatic rings. The Morgan fingerprint density at radius 2 is 1.48 bits per heavy atom. The summed E-state index contributed by atoms with van der Waals surface area (Å²) in [5, 5.41) is 31.3. The van der Waals surface area contributed by atoms with Crippen LogP contribution in [0.15, 0.2) is 0 Å². The van der Waals surface area contributed by atoms with Gasteiger partial charge in [0, 0.05) is 27.7 Å². The second-order valence-electron chi connectivity index (χ2n) is 6.44. The Balaban J connectivity index is 3.06. The molecule has 0 spiro atoms. The summed E-state index contributed by atoms with van der Waals surface area (Å²) in [5.74, 6) is -2.98. The molecule has 3 N–H and O–H groups in total. The van der Waals surface area contributed by atoms with Crippen molar-refractivity contribution in [1.82, 2.24) is 0 Å². The zero-order valence-electron chi connectivity index (χ0n) is 16.5. The third-order valence-electron chi connectivity index (χ3n) is 3.96. The van der Waals surface area contributed by atoms with Crippen molar-refractivity contribution in [3.63, 3.8) is 0 Å². The molecule has 1 heterocycles. The fourth-order valence-corrected chi connectivity index (χ4v) is 2.75. The highest BCUT2D eigenvalue weighted by atomic mass is 16.6. The van der Waals surface area contributed by atoms with Crippen LogP contribution in [-0.2, 0) is 42.9 Å². The summed E-state index contributed by atoms with van der Waals surface area (Å²) >= 11 is 0. The van der Waals surface area contributed by atoms with Crippen LogP contribution in [0.1, 0.15) is 27.7 Å². The molecule has 0 aromatic heterocycles. The monoisotopic (exact) mass is 422 g/mol. The zero-order valence-corrected chi connectivity index (χ0v) is 16.5. The van der Waals surface area contributed by atoms with E-state index < -0.39 is 79.8 Å². The number of hydrogen-bond donors (Lipinski definition) is 3. The molecule has 0 amide bonds. The molecule has 0 saturated carbocycles. The van der Waals surface area contributed by atoms with E-state index in [9.17, 15) is 34.5 Å². The minimum Gasteiger partial charge on any atom is -0.463 e. The van der Waals surface area contributed by atoms with Crippen molar-refractivity contribution in [1.29, 1.82) is 0 Å². The van der Waals surface area contributed by atoms with Gasteiger partial charge in [-0.1, -0.05) is 0 Å². The maximum absolute atomic E-state index is 11.3. The molecule has 0 bridgehead atoms. The lowest BCUT2D eigenvalue weighted by molar-refractivity contribution is -0.266. The summed E-state index contributed by atoms with van der Waals surface area (Å²) in [6.45, 7) is 3.35. The minimum absolute atomic E-state index is 0.456. The number of hydrogen-bond acceptors (Lipinski definition) is 12. The number of aliphatic hydroxyl groups excluding tert-OH is 3. The van der Waals surface area contributed by atoms with Gasteiger partial charge in [-0.2, -0.15) is 0 Å². The highest BCUT2D eigenvalue weighted by Crippen LogP contribution is 2.28. The van der Waals surface area contributed by atoms with E-state index in [0.29, 0.717) is 0 Å². The van der Waals surface area contributed by atoms with Crippen molar-refractivity contribution < 1.29 is 58.2 Å². The average molecular weight is 422 g/mol. The molecule has 1 fully saturated rings. The van der Waals surface area contributed by atoms with Crippen LogP contribution in [0, 0.1) is 0 Å². The molecule has 1 saturated heterocycles. The van der Waals surface area contributed by atoms with Crippen LogP contribution in [0.3, 0.4) is 0 Å². The molecule has 12 nitrogen and oxygen atoms in total.